The van der Waals surface area contributed by atoms with Gasteiger partial charge in [-0.3, -0.25) is 4.79 Å². The lowest BCUT2D eigenvalue weighted by molar-refractivity contribution is 0.0889. The number of carbonyl (C=O) groups is 1. The van der Waals surface area contributed by atoms with E-state index in [0.29, 0.717) is 29.7 Å². The van der Waals surface area contributed by atoms with Crippen molar-refractivity contribution in [2.24, 2.45) is 0 Å². The zero-order valence-corrected chi connectivity index (χ0v) is 14.7. The molecule has 21 heavy (non-hydrogen) atoms. The van der Waals surface area contributed by atoms with Gasteiger partial charge in [-0.25, -0.2) is 8.42 Å². The molecule has 1 unspecified atom stereocenters. The summed E-state index contributed by atoms with van der Waals surface area (Å²) in [6, 6.07) is 2.67. The van der Waals surface area contributed by atoms with Crippen LogP contribution in [0, 0.1) is 6.92 Å². The number of benzene rings is 1. The second-order valence-corrected chi connectivity index (χ2v) is 8.75. The summed E-state index contributed by atoms with van der Waals surface area (Å²) in [7, 11) is 1.45. The van der Waals surface area contributed by atoms with E-state index < -0.39 is 14.6 Å². The van der Waals surface area contributed by atoms with Crippen molar-refractivity contribution in [2.75, 3.05) is 13.2 Å². The zero-order chi connectivity index (χ0) is 15.8. The maximum Gasteiger partial charge on any atom is 0.261 e. The minimum Gasteiger partial charge on any atom is -0.379 e. The fourth-order valence-electron chi connectivity index (χ4n) is 2.14. The Kier molecular flexibility index (Phi) is 4.68. The first-order valence-electron chi connectivity index (χ1n) is 6.27. The molecule has 1 aliphatic rings. The molecule has 1 aromatic rings. The summed E-state index contributed by atoms with van der Waals surface area (Å²) in [5.74, 6) is -0.344. The Morgan fingerprint density at radius 2 is 2.14 bits per heavy atom. The Bertz CT molecular complexity index is 684. The van der Waals surface area contributed by atoms with Gasteiger partial charge in [0.2, 0.25) is 0 Å². The van der Waals surface area contributed by atoms with Crippen molar-refractivity contribution in [1.29, 1.82) is 0 Å². The summed E-state index contributed by atoms with van der Waals surface area (Å²) in [4.78, 5) is 12.3. The van der Waals surface area contributed by atoms with Gasteiger partial charge in [-0.05, 0) is 38.0 Å². The van der Waals surface area contributed by atoms with Crippen molar-refractivity contribution in [3.05, 3.63) is 27.7 Å². The molecule has 0 aliphatic carbocycles. The van der Waals surface area contributed by atoms with Crippen LogP contribution in [0.25, 0.3) is 0 Å². The number of carbonyl (C=O) groups excluding carboxylic acids is 1. The van der Waals surface area contributed by atoms with E-state index in [1.807, 2.05) is 6.92 Å². The van der Waals surface area contributed by atoms with Crippen LogP contribution in [0.2, 0.25) is 0 Å². The lowest BCUT2D eigenvalue weighted by atomic mass is 10.00. The van der Waals surface area contributed by atoms with Gasteiger partial charge >= 0.3 is 0 Å². The van der Waals surface area contributed by atoms with Crippen LogP contribution in [-0.2, 0) is 13.8 Å². The van der Waals surface area contributed by atoms with Crippen LogP contribution >= 0.6 is 26.6 Å². The van der Waals surface area contributed by atoms with Crippen molar-refractivity contribution >= 4 is 41.6 Å². The van der Waals surface area contributed by atoms with E-state index in [0.717, 1.165) is 0 Å². The van der Waals surface area contributed by atoms with Crippen LogP contribution in [0.1, 0.15) is 29.3 Å². The molecule has 0 aromatic heterocycles. The molecule has 0 spiro atoms. The number of ether oxygens (including phenoxy) is 1. The first-order valence-corrected chi connectivity index (χ1v) is 9.38. The average molecular weight is 397 g/mol. The topological polar surface area (TPSA) is 72.5 Å². The van der Waals surface area contributed by atoms with Gasteiger partial charge in [0.05, 0.1) is 17.0 Å². The third-order valence-electron chi connectivity index (χ3n) is 3.48. The van der Waals surface area contributed by atoms with E-state index >= 15 is 0 Å². The second kappa shape index (κ2) is 5.87. The monoisotopic (exact) mass is 395 g/mol. The molecule has 0 radical (unpaired) electrons. The third kappa shape index (κ3) is 3.77. The first-order chi connectivity index (χ1) is 9.62. The summed E-state index contributed by atoms with van der Waals surface area (Å²) in [5, 5.41) is 2.90. The standard InChI is InChI=1S/C13H15BrClNO4S/c1-8-10(5-9(6-11(8)14)21(15,18)19)12(17)16-13(2)3-4-20-7-13/h5-6H,3-4,7H2,1-2H3,(H,16,17). The molecule has 1 aromatic carbocycles. The van der Waals surface area contributed by atoms with E-state index in [4.69, 9.17) is 15.4 Å². The smallest absolute Gasteiger partial charge is 0.261 e. The van der Waals surface area contributed by atoms with Crippen molar-refractivity contribution < 1.29 is 17.9 Å². The maximum absolute atomic E-state index is 12.4. The van der Waals surface area contributed by atoms with Crippen LogP contribution in [0.4, 0.5) is 0 Å². The van der Waals surface area contributed by atoms with Gasteiger partial charge in [-0.2, -0.15) is 0 Å². The second-order valence-electron chi connectivity index (χ2n) is 5.33. The molecule has 0 bridgehead atoms. The summed E-state index contributed by atoms with van der Waals surface area (Å²) in [5.41, 5.74) is 0.488. The SMILES string of the molecule is Cc1c(Br)cc(S(=O)(=O)Cl)cc1C(=O)NC1(C)CCOC1. The predicted octanol–water partition coefficient (Wildman–Crippen LogP) is 2.59. The van der Waals surface area contributed by atoms with E-state index in [1.54, 1.807) is 6.92 Å². The zero-order valence-electron chi connectivity index (χ0n) is 11.6. The highest BCUT2D eigenvalue weighted by Crippen LogP contribution is 2.27. The lowest BCUT2D eigenvalue weighted by Crippen LogP contribution is -2.46. The van der Waals surface area contributed by atoms with E-state index in [2.05, 4.69) is 21.2 Å². The van der Waals surface area contributed by atoms with Gasteiger partial charge < -0.3 is 10.1 Å². The average Bonchev–Trinajstić information content (AvgIpc) is 2.77. The number of halogens is 2. The predicted molar refractivity (Wildman–Crippen MR) is 83.2 cm³/mol. The number of nitrogens with one attached hydrogen (secondary N) is 1. The molecule has 1 heterocycles. The van der Waals surface area contributed by atoms with Gasteiger partial charge in [-0.1, -0.05) is 15.9 Å². The van der Waals surface area contributed by atoms with Crippen molar-refractivity contribution in [1.82, 2.24) is 5.32 Å². The van der Waals surface area contributed by atoms with Crippen LogP contribution in [0.15, 0.2) is 21.5 Å². The molecular formula is C13H15BrClNO4S. The van der Waals surface area contributed by atoms with Gasteiger partial charge in [0.15, 0.2) is 0 Å². The third-order valence-corrected chi connectivity index (χ3v) is 5.64. The summed E-state index contributed by atoms with van der Waals surface area (Å²) >= 11 is 3.26. The fourth-order valence-corrected chi connectivity index (χ4v) is 3.53. The largest absolute Gasteiger partial charge is 0.379 e. The molecule has 8 heteroatoms. The van der Waals surface area contributed by atoms with E-state index in [9.17, 15) is 13.2 Å². The molecule has 1 fully saturated rings. The normalized spacial score (nSPS) is 22.3. The summed E-state index contributed by atoms with van der Waals surface area (Å²) in [6.07, 6.45) is 0.715. The van der Waals surface area contributed by atoms with Crippen molar-refractivity contribution in [3.8, 4) is 0 Å². The molecule has 1 N–H and O–H groups in total. The first kappa shape index (κ1) is 16.7. The summed E-state index contributed by atoms with van der Waals surface area (Å²) in [6.45, 7) is 4.66. The highest BCUT2D eigenvalue weighted by Gasteiger charge is 2.32. The number of amides is 1. The van der Waals surface area contributed by atoms with Crippen molar-refractivity contribution in [3.63, 3.8) is 0 Å². The van der Waals surface area contributed by atoms with Gasteiger partial charge in [0.1, 0.15) is 0 Å². The van der Waals surface area contributed by atoms with Crippen LogP contribution in [0.3, 0.4) is 0 Å². The minimum atomic E-state index is -3.90. The maximum atomic E-state index is 12.4. The molecule has 5 nitrogen and oxygen atoms in total. The minimum absolute atomic E-state index is 0.111. The Morgan fingerprint density at radius 1 is 1.48 bits per heavy atom. The molecule has 1 aliphatic heterocycles. The Labute approximate surface area is 136 Å². The Hall–Kier alpha value is -0.630. The highest BCUT2D eigenvalue weighted by atomic mass is 79.9. The molecule has 1 amide bonds. The highest BCUT2D eigenvalue weighted by molar-refractivity contribution is 9.10. The van der Waals surface area contributed by atoms with Crippen LogP contribution in [0.5, 0.6) is 0 Å². The van der Waals surface area contributed by atoms with Gasteiger partial charge in [0, 0.05) is 27.3 Å². The molecular weight excluding hydrogens is 382 g/mol. The van der Waals surface area contributed by atoms with Crippen LogP contribution in [-0.4, -0.2) is 33.1 Å². The Balaban J connectivity index is 2.38. The van der Waals surface area contributed by atoms with E-state index in [1.165, 1.54) is 12.1 Å². The molecule has 2 rings (SSSR count). The molecule has 0 saturated carbocycles. The number of hydrogen-bond donors (Lipinski definition) is 1. The molecule has 116 valence electrons. The quantitative estimate of drug-likeness (QED) is 0.797. The summed E-state index contributed by atoms with van der Waals surface area (Å²) < 4.78 is 28.7. The van der Waals surface area contributed by atoms with Crippen LogP contribution < -0.4 is 5.32 Å². The fraction of sp³-hybridized carbons (Fsp3) is 0.462. The molecule has 1 atom stereocenters. The molecule has 1 saturated heterocycles. The van der Waals surface area contributed by atoms with E-state index in [-0.39, 0.29) is 16.4 Å². The van der Waals surface area contributed by atoms with Gasteiger partial charge in [0.25, 0.3) is 15.0 Å². The lowest BCUT2D eigenvalue weighted by Gasteiger charge is -2.24. The Morgan fingerprint density at radius 3 is 2.67 bits per heavy atom. The number of rotatable bonds is 3. The number of hydrogen-bond acceptors (Lipinski definition) is 4. The van der Waals surface area contributed by atoms with Crippen molar-refractivity contribution in [2.45, 2.75) is 30.7 Å². The van der Waals surface area contributed by atoms with Gasteiger partial charge in [-0.15, -0.1) is 0 Å².